The minimum atomic E-state index is -0.159. The molecule has 0 bridgehead atoms. The van der Waals surface area contributed by atoms with Crippen LogP contribution in [-0.4, -0.2) is 14.5 Å². The smallest absolute Gasteiger partial charge is 0.256 e. The Morgan fingerprint density at radius 2 is 2.25 bits per heavy atom. The fourth-order valence-corrected chi connectivity index (χ4v) is 1.73. The molecule has 0 atom stereocenters. The van der Waals surface area contributed by atoms with Crippen LogP contribution in [0.1, 0.15) is 5.56 Å². The van der Waals surface area contributed by atoms with E-state index in [0.717, 1.165) is 5.56 Å². The number of aromatic nitrogens is 3. The number of hydrogen-bond donors (Lipinski definition) is 0. The summed E-state index contributed by atoms with van der Waals surface area (Å²) in [6, 6.07) is 3.37. The van der Waals surface area contributed by atoms with Gasteiger partial charge in [-0.15, -0.1) is 0 Å². The van der Waals surface area contributed by atoms with E-state index in [9.17, 15) is 4.79 Å². The minimum Gasteiger partial charge on any atom is -0.269 e. The Hall–Kier alpha value is -1.20. The third-order valence-electron chi connectivity index (χ3n) is 1.98. The maximum atomic E-state index is 11.7. The van der Waals surface area contributed by atoms with Crippen molar-refractivity contribution in [3.8, 4) is 5.82 Å². The number of rotatable bonds is 2. The highest BCUT2D eigenvalue weighted by Gasteiger charge is 2.02. The van der Waals surface area contributed by atoms with Gasteiger partial charge in [0.25, 0.3) is 5.56 Å². The summed E-state index contributed by atoms with van der Waals surface area (Å²) >= 11 is 9.00. The van der Waals surface area contributed by atoms with Gasteiger partial charge in [-0.05, 0) is 11.6 Å². The third kappa shape index (κ3) is 2.31. The molecule has 0 aliphatic heterocycles. The first-order chi connectivity index (χ1) is 7.70. The van der Waals surface area contributed by atoms with E-state index in [1.165, 1.54) is 23.0 Å². The van der Waals surface area contributed by atoms with E-state index < -0.39 is 0 Å². The molecule has 0 fully saturated rings. The Kier molecular flexibility index (Phi) is 3.36. The molecule has 0 radical (unpaired) electrons. The van der Waals surface area contributed by atoms with E-state index in [0.29, 0.717) is 11.1 Å². The molecule has 0 aliphatic carbocycles. The van der Waals surface area contributed by atoms with Crippen LogP contribution >= 0.6 is 27.5 Å². The highest BCUT2D eigenvalue weighted by molar-refractivity contribution is 9.08. The zero-order chi connectivity index (χ0) is 11.5. The van der Waals surface area contributed by atoms with Gasteiger partial charge >= 0.3 is 0 Å². The van der Waals surface area contributed by atoms with Crippen molar-refractivity contribution in [2.45, 2.75) is 5.33 Å². The Morgan fingerprint density at radius 1 is 1.44 bits per heavy atom. The molecule has 82 valence electrons. The van der Waals surface area contributed by atoms with Gasteiger partial charge in [0, 0.05) is 17.6 Å². The van der Waals surface area contributed by atoms with Crippen molar-refractivity contribution in [2.75, 3.05) is 0 Å². The Bertz CT molecular complexity index is 570. The van der Waals surface area contributed by atoms with Crippen molar-refractivity contribution in [3.63, 3.8) is 0 Å². The van der Waals surface area contributed by atoms with Crippen molar-refractivity contribution in [2.24, 2.45) is 0 Å². The van der Waals surface area contributed by atoms with Crippen LogP contribution in [0.5, 0.6) is 0 Å². The molecule has 0 aliphatic rings. The van der Waals surface area contributed by atoms with Crippen LogP contribution < -0.4 is 5.56 Å². The molecule has 2 aromatic rings. The van der Waals surface area contributed by atoms with Crippen LogP contribution in [0.2, 0.25) is 5.15 Å². The number of nitrogens with zero attached hydrogens (tertiary/aromatic N) is 3. The molecule has 6 heteroatoms. The zero-order valence-corrected chi connectivity index (χ0v) is 10.4. The van der Waals surface area contributed by atoms with E-state index in [1.54, 1.807) is 6.20 Å². The monoisotopic (exact) mass is 299 g/mol. The molecule has 0 saturated heterocycles. The molecule has 2 rings (SSSR count). The highest BCUT2D eigenvalue weighted by atomic mass is 79.9. The van der Waals surface area contributed by atoms with E-state index >= 15 is 0 Å². The predicted molar refractivity (Wildman–Crippen MR) is 65.3 cm³/mol. The first kappa shape index (κ1) is 11.3. The number of pyridine rings is 1. The van der Waals surface area contributed by atoms with E-state index in [4.69, 9.17) is 11.6 Å². The van der Waals surface area contributed by atoms with E-state index in [1.807, 2.05) is 6.07 Å². The van der Waals surface area contributed by atoms with Crippen LogP contribution in [-0.2, 0) is 5.33 Å². The van der Waals surface area contributed by atoms with Crippen molar-refractivity contribution in [1.82, 2.24) is 14.5 Å². The Balaban J connectivity index is 2.53. The maximum absolute atomic E-state index is 11.7. The van der Waals surface area contributed by atoms with Gasteiger partial charge in [-0.3, -0.25) is 14.3 Å². The fraction of sp³-hybridized carbons (Fsp3) is 0.100. The molecule has 4 nitrogen and oxygen atoms in total. The standard InChI is InChI=1S/C10H7BrClN3O/c11-4-7-1-2-15(10(16)3-7)9-6-13-5-8(12)14-9/h1-3,5-6H,4H2. The van der Waals surface area contributed by atoms with Gasteiger partial charge in [0.1, 0.15) is 5.15 Å². The SMILES string of the molecule is O=c1cc(CBr)ccn1-c1cncc(Cl)n1. The van der Waals surface area contributed by atoms with Gasteiger partial charge in [-0.25, -0.2) is 4.98 Å². The summed E-state index contributed by atoms with van der Waals surface area (Å²) in [7, 11) is 0. The fourth-order valence-electron chi connectivity index (χ4n) is 1.24. The first-order valence-electron chi connectivity index (χ1n) is 4.46. The van der Waals surface area contributed by atoms with Crippen molar-refractivity contribution in [1.29, 1.82) is 0 Å². The first-order valence-corrected chi connectivity index (χ1v) is 5.96. The molecular weight excluding hydrogens is 293 g/mol. The van der Waals surface area contributed by atoms with E-state index in [2.05, 4.69) is 25.9 Å². The third-order valence-corrected chi connectivity index (χ3v) is 2.81. The molecule has 0 unspecified atom stereocenters. The van der Waals surface area contributed by atoms with Crippen LogP contribution in [0.25, 0.3) is 5.82 Å². The lowest BCUT2D eigenvalue weighted by Gasteiger charge is -2.04. The van der Waals surface area contributed by atoms with Crippen molar-refractivity contribution < 1.29 is 0 Å². The molecular formula is C10H7BrClN3O. The lowest BCUT2D eigenvalue weighted by Crippen LogP contribution is -2.18. The second-order valence-corrected chi connectivity index (χ2v) is 4.02. The largest absolute Gasteiger partial charge is 0.269 e. The summed E-state index contributed by atoms with van der Waals surface area (Å²) < 4.78 is 1.39. The lowest BCUT2D eigenvalue weighted by molar-refractivity contribution is 0.920. The Labute approximate surface area is 105 Å². The number of alkyl halides is 1. The zero-order valence-electron chi connectivity index (χ0n) is 8.10. The second-order valence-electron chi connectivity index (χ2n) is 3.08. The normalized spacial score (nSPS) is 10.4. The number of hydrogen-bond acceptors (Lipinski definition) is 3. The summed E-state index contributed by atoms with van der Waals surface area (Å²) in [6.45, 7) is 0. The molecule has 2 aromatic heterocycles. The molecule has 0 spiro atoms. The van der Waals surface area contributed by atoms with E-state index in [-0.39, 0.29) is 10.7 Å². The van der Waals surface area contributed by atoms with Gasteiger partial charge < -0.3 is 0 Å². The highest BCUT2D eigenvalue weighted by Crippen LogP contribution is 2.07. The summed E-state index contributed by atoms with van der Waals surface area (Å²) in [4.78, 5) is 19.6. The van der Waals surface area contributed by atoms with Gasteiger partial charge in [-0.1, -0.05) is 27.5 Å². The molecule has 0 saturated carbocycles. The second kappa shape index (κ2) is 4.76. The topological polar surface area (TPSA) is 47.8 Å². The Morgan fingerprint density at radius 3 is 2.88 bits per heavy atom. The predicted octanol–water partition coefficient (Wildman–Crippen LogP) is 2.18. The minimum absolute atomic E-state index is 0.159. The van der Waals surface area contributed by atoms with Gasteiger partial charge in [0.05, 0.1) is 12.4 Å². The quantitative estimate of drug-likeness (QED) is 0.799. The molecule has 16 heavy (non-hydrogen) atoms. The average Bonchev–Trinajstić information content (AvgIpc) is 2.28. The maximum Gasteiger partial charge on any atom is 0.256 e. The summed E-state index contributed by atoms with van der Waals surface area (Å²) in [5.41, 5.74) is 0.754. The number of halogens is 2. The van der Waals surface area contributed by atoms with Crippen molar-refractivity contribution in [3.05, 3.63) is 51.8 Å². The van der Waals surface area contributed by atoms with Gasteiger partial charge in [0.15, 0.2) is 5.82 Å². The molecule has 2 heterocycles. The average molecular weight is 301 g/mol. The molecule has 0 aromatic carbocycles. The van der Waals surface area contributed by atoms with Crippen LogP contribution in [0.3, 0.4) is 0 Å². The van der Waals surface area contributed by atoms with Gasteiger partial charge in [0.2, 0.25) is 0 Å². The van der Waals surface area contributed by atoms with Gasteiger partial charge in [-0.2, -0.15) is 0 Å². The van der Waals surface area contributed by atoms with Crippen LogP contribution in [0, 0.1) is 0 Å². The summed E-state index contributed by atoms with van der Waals surface area (Å²) in [5.74, 6) is 0.415. The summed E-state index contributed by atoms with van der Waals surface area (Å²) in [5, 5.41) is 0.901. The lowest BCUT2D eigenvalue weighted by atomic mass is 10.3. The van der Waals surface area contributed by atoms with Crippen LogP contribution in [0.4, 0.5) is 0 Å². The molecule has 0 amide bonds. The van der Waals surface area contributed by atoms with Crippen LogP contribution in [0.15, 0.2) is 35.5 Å². The van der Waals surface area contributed by atoms with Crippen molar-refractivity contribution >= 4 is 27.5 Å². The molecule has 0 N–H and O–H groups in total. The summed E-state index contributed by atoms with van der Waals surface area (Å²) in [6.07, 6.45) is 4.56.